The Hall–Kier alpha value is -3.11. The van der Waals surface area contributed by atoms with Crippen LogP contribution in [-0.2, 0) is 13.0 Å². The number of aromatic nitrogens is 2. The Morgan fingerprint density at radius 1 is 1.21 bits per heavy atom. The van der Waals surface area contributed by atoms with Crippen molar-refractivity contribution in [3.8, 4) is 11.6 Å². The van der Waals surface area contributed by atoms with Crippen LogP contribution >= 0.6 is 15.9 Å². The van der Waals surface area contributed by atoms with E-state index in [0.29, 0.717) is 22.4 Å². The number of amides is 1. The molecular weight excluding hydrogens is 500 g/mol. The Balaban J connectivity index is 2.04. The molecule has 10 heteroatoms. The molecule has 0 fully saturated rings. The summed E-state index contributed by atoms with van der Waals surface area (Å²) in [4.78, 5) is 29.9. The third-order valence-electron chi connectivity index (χ3n) is 5.06. The van der Waals surface area contributed by atoms with Gasteiger partial charge in [0.15, 0.2) is 0 Å². The summed E-state index contributed by atoms with van der Waals surface area (Å²) in [6, 6.07) is 6.44. The minimum atomic E-state index is -0.767. The summed E-state index contributed by atoms with van der Waals surface area (Å²) in [5, 5.41) is 11.9. The van der Waals surface area contributed by atoms with Gasteiger partial charge in [0.05, 0.1) is 5.69 Å². The van der Waals surface area contributed by atoms with Crippen LogP contribution in [0.3, 0.4) is 0 Å². The number of rotatable bonds is 7. The Labute approximate surface area is 197 Å². The van der Waals surface area contributed by atoms with Crippen molar-refractivity contribution in [1.29, 1.82) is 0 Å². The van der Waals surface area contributed by atoms with Gasteiger partial charge in [0.25, 0.3) is 11.5 Å². The first-order valence-corrected chi connectivity index (χ1v) is 10.8. The van der Waals surface area contributed by atoms with Gasteiger partial charge in [-0.1, -0.05) is 6.07 Å². The first-order chi connectivity index (χ1) is 15.7. The van der Waals surface area contributed by atoms with Crippen molar-refractivity contribution in [2.75, 3.05) is 13.7 Å². The summed E-state index contributed by atoms with van der Waals surface area (Å²) >= 11 is 3.20. The van der Waals surface area contributed by atoms with Gasteiger partial charge in [0, 0.05) is 30.8 Å². The average molecular weight is 522 g/mol. The van der Waals surface area contributed by atoms with Crippen LogP contribution in [0.15, 0.2) is 39.6 Å². The van der Waals surface area contributed by atoms with E-state index in [2.05, 4.69) is 26.2 Å². The number of carbonyl (C=O) groups is 1. The highest BCUT2D eigenvalue weighted by Gasteiger charge is 2.20. The Morgan fingerprint density at radius 3 is 2.58 bits per heavy atom. The molecule has 174 valence electrons. The number of aliphatic hydroxyl groups excluding tert-OH is 1. The van der Waals surface area contributed by atoms with Crippen LogP contribution in [0.5, 0.6) is 5.88 Å². The number of ether oxygens (including phenoxy) is 1. The highest BCUT2D eigenvalue weighted by atomic mass is 79.9. The maximum atomic E-state index is 13.9. The van der Waals surface area contributed by atoms with Crippen molar-refractivity contribution in [1.82, 2.24) is 14.9 Å². The van der Waals surface area contributed by atoms with Crippen molar-refractivity contribution in [2.45, 2.75) is 26.9 Å². The maximum Gasteiger partial charge on any atom is 0.276 e. The number of nitrogens with zero attached hydrogens (tertiary/aromatic N) is 2. The lowest BCUT2D eigenvalue weighted by atomic mass is 9.99. The van der Waals surface area contributed by atoms with Gasteiger partial charge in [-0.15, -0.1) is 0 Å². The van der Waals surface area contributed by atoms with E-state index in [1.165, 1.54) is 17.7 Å². The van der Waals surface area contributed by atoms with E-state index < -0.39 is 17.2 Å². The van der Waals surface area contributed by atoms with Gasteiger partial charge in [-0.2, -0.15) is 4.98 Å². The molecule has 2 N–H and O–H groups in total. The number of benzene rings is 2. The monoisotopic (exact) mass is 521 g/mol. The van der Waals surface area contributed by atoms with Crippen molar-refractivity contribution < 1.29 is 23.4 Å². The minimum absolute atomic E-state index is 0.0101. The average Bonchev–Trinajstić information content (AvgIpc) is 2.77. The highest BCUT2D eigenvalue weighted by Crippen LogP contribution is 2.25. The Kier molecular flexibility index (Phi) is 7.60. The third-order valence-corrected chi connectivity index (χ3v) is 5.74. The molecule has 0 bridgehead atoms. The summed E-state index contributed by atoms with van der Waals surface area (Å²) in [6.07, 6.45) is 0.284. The van der Waals surface area contributed by atoms with Crippen LogP contribution in [0.25, 0.3) is 5.69 Å². The first-order valence-electron chi connectivity index (χ1n) is 10.0. The largest absolute Gasteiger partial charge is 0.472 e. The van der Waals surface area contributed by atoms with E-state index in [1.807, 2.05) is 0 Å². The van der Waals surface area contributed by atoms with Gasteiger partial charge in [-0.05, 0) is 65.5 Å². The molecule has 2 aromatic carbocycles. The van der Waals surface area contributed by atoms with Gasteiger partial charge in [-0.25, -0.2) is 8.78 Å². The fourth-order valence-electron chi connectivity index (χ4n) is 3.42. The normalized spacial score (nSPS) is 10.9. The van der Waals surface area contributed by atoms with Crippen molar-refractivity contribution in [3.05, 3.63) is 84.9 Å². The summed E-state index contributed by atoms with van der Waals surface area (Å²) in [6.45, 7) is 3.00. The second-order valence-corrected chi connectivity index (χ2v) is 8.08. The van der Waals surface area contributed by atoms with Gasteiger partial charge in [0.1, 0.15) is 28.5 Å². The molecular formula is C23H22BrF2N3O4. The summed E-state index contributed by atoms with van der Waals surface area (Å²) in [5.74, 6) is -1.59. The summed E-state index contributed by atoms with van der Waals surface area (Å²) in [5.41, 5.74) is 1.75. The fourth-order valence-corrected chi connectivity index (χ4v) is 3.80. The number of aliphatic hydroxyl groups is 1. The highest BCUT2D eigenvalue weighted by molar-refractivity contribution is 9.10. The third kappa shape index (κ3) is 5.12. The lowest BCUT2D eigenvalue weighted by molar-refractivity contribution is 0.0962. The molecule has 1 heterocycles. The minimum Gasteiger partial charge on any atom is -0.472 e. The van der Waals surface area contributed by atoms with Crippen molar-refractivity contribution in [2.24, 2.45) is 0 Å². The number of aryl methyl sites for hydroxylation is 2. The summed E-state index contributed by atoms with van der Waals surface area (Å²) < 4.78 is 33.9. The smallest absolute Gasteiger partial charge is 0.276 e. The molecule has 0 radical (unpaired) electrons. The molecule has 0 spiro atoms. The van der Waals surface area contributed by atoms with E-state index in [9.17, 15) is 23.5 Å². The molecule has 3 rings (SSSR count). The van der Waals surface area contributed by atoms with Crippen molar-refractivity contribution >= 4 is 21.8 Å². The van der Waals surface area contributed by atoms with Crippen LogP contribution in [0, 0.1) is 25.5 Å². The number of halogens is 3. The molecule has 33 heavy (non-hydrogen) atoms. The van der Waals surface area contributed by atoms with E-state index in [1.54, 1.807) is 26.0 Å². The van der Waals surface area contributed by atoms with E-state index in [0.717, 1.165) is 12.1 Å². The zero-order valence-electron chi connectivity index (χ0n) is 18.2. The molecule has 0 aliphatic rings. The Morgan fingerprint density at radius 2 is 1.94 bits per heavy atom. The molecule has 1 aromatic heterocycles. The molecule has 1 amide bonds. The molecule has 0 saturated heterocycles. The van der Waals surface area contributed by atoms with Crippen molar-refractivity contribution in [3.63, 3.8) is 0 Å². The molecule has 0 unspecified atom stereocenters. The zero-order valence-corrected chi connectivity index (χ0v) is 19.8. The standard InChI is InChI=1S/C23H22BrF2N3O4/c1-12-8-14(6-7-30)17(21(31)27-3)10-19(12)29-13(2)28-22(20(24)23(29)32)33-11-15-4-5-16(25)9-18(15)26/h4-5,8-10,30H,6-7,11H2,1-3H3,(H,27,31). The fraction of sp³-hybridized carbons (Fsp3) is 0.261. The van der Waals surface area contributed by atoms with Gasteiger partial charge >= 0.3 is 0 Å². The van der Waals surface area contributed by atoms with E-state index in [4.69, 9.17) is 4.74 Å². The SMILES string of the molecule is CNC(=O)c1cc(-n2c(C)nc(OCc3ccc(F)cc3F)c(Br)c2=O)c(C)cc1CCO. The lowest BCUT2D eigenvalue weighted by Gasteiger charge is -2.18. The Bertz CT molecular complexity index is 1280. The molecule has 0 saturated carbocycles. The summed E-state index contributed by atoms with van der Waals surface area (Å²) in [7, 11) is 1.50. The predicted molar refractivity (Wildman–Crippen MR) is 122 cm³/mol. The van der Waals surface area contributed by atoms with Gasteiger partial charge in [-0.3, -0.25) is 14.2 Å². The van der Waals surface area contributed by atoms with Crippen LogP contribution < -0.4 is 15.6 Å². The van der Waals surface area contributed by atoms with Crippen LogP contribution in [0.1, 0.15) is 32.9 Å². The molecule has 7 nitrogen and oxygen atoms in total. The van der Waals surface area contributed by atoms with Gasteiger partial charge in [0.2, 0.25) is 5.88 Å². The van der Waals surface area contributed by atoms with Crippen LogP contribution in [0.2, 0.25) is 0 Å². The maximum absolute atomic E-state index is 13.9. The predicted octanol–water partition coefficient (Wildman–Crippen LogP) is 3.36. The number of carbonyl (C=O) groups excluding carboxylic acids is 1. The van der Waals surface area contributed by atoms with E-state index >= 15 is 0 Å². The van der Waals surface area contributed by atoms with E-state index in [-0.39, 0.29) is 47.3 Å². The van der Waals surface area contributed by atoms with Crippen LogP contribution in [0.4, 0.5) is 8.78 Å². The second kappa shape index (κ2) is 10.2. The second-order valence-electron chi connectivity index (χ2n) is 7.29. The number of hydrogen-bond acceptors (Lipinski definition) is 5. The number of hydrogen-bond donors (Lipinski definition) is 2. The zero-order chi connectivity index (χ0) is 24.3. The lowest BCUT2D eigenvalue weighted by Crippen LogP contribution is -2.26. The molecule has 0 atom stereocenters. The number of nitrogens with one attached hydrogen (secondary N) is 1. The first kappa shape index (κ1) is 24.5. The topological polar surface area (TPSA) is 93.5 Å². The van der Waals surface area contributed by atoms with Gasteiger partial charge < -0.3 is 15.2 Å². The molecule has 0 aliphatic heterocycles. The molecule has 0 aliphatic carbocycles. The quantitative estimate of drug-likeness (QED) is 0.497. The van der Waals surface area contributed by atoms with Crippen LogP contribution in [-0.4, -0.2) is 34.2 Å². The molecule has 3 aromatic rings.